The van der Waals surface area contributed by atoms with Crippen LogP contribution in [0.4, 0.5) is 0 Å². The Labute approximate surface area is 211 Å². The molecule has 12 bridgehead atoms. The fourth-order valence-electron chi connectivity index (χ4n) is 14.1. The molecule has 3 heteroatoms. The quantitative estimate of drug-likeness (QED) is 0.424. The van der Waals surface area contributed by atoms with Crippen LogP contribution in [0.25, 0.3) is 0 Å². The first kappa shape index (κ1) is 21.1. The van der Waals surface area contributed by atoms with E-state index in [-0.39, 0.29) is 16.4 Å². The zero-order chi connectivity index (χ0) is 23.2. The minimum absolute atomic E-state index is 0.115. The summed E-state index contributed by atoms with van der Waals surface area (Å²) in [6.07, 6.45) is 22.4. The highest BCUT2D eigenvalue weighted by atomic mass is 16.2. The molecule has 0 N–H and O–H groups in total. The average molecular weight is 476 g/mol. The molecule has 3 nitrogen and oxygen atoms in total. The van der Waals surface area contributed by atoms with Gasteiger partial charge in [0.25, 0.3) is 0 Å². The third-order valence-corrected chi connectivity index (χ3v) is 13.9. The molecule has 35 heavy (non-hydrogen) atoms. The van der Waals surface area contributed by atoms with Gasteiger partial charge in [-0.05, 0) is 169 Å². The summed E-state index contributed by atoms with van der Waals surface area (Å²) < 4.78 is 0. The van der Waals surface area contributed by atoms with E-state index in [1.54, 1.807) is 0 Å². The molecule has 12 fully saturated rings. The first-order valence-electron chi connectivity index (χ1n) is 15.8. The smallest absolute Gasteiger partial charge is 0.235 e. The van der Waals surface area contributed by atoms with Crippen LogP contribution in [-0.2, 0) is 9.59 Å². The number of hydrogen-bond donors (Lipinski definition) is 0. The van der Waals surface area contributed by atoms with Crippen molar-refractivity contribution in [1.29, 1.82) is 0 Å². The second-order valence-corrected chi connectivity index (χ2v) is 16.5. The Hall–Kier alpha value is -0.860. The van der Waals surface area contributed by atoms with Gasteiger partial charge in [-0.3, -0.25) is 14.5 Å². The van der Waals surface area contributed by atoms with E-state index >= 15 is 9.59 Å². The van der Waals surface area contributed by atoms with Gasteiger partial charge in [0.05, 0.1) is 16.4 Å². The third-order valence-electron chi connectivity index (χ3n) is 13.9. The largest absolute Gasteiger partial charge is 0.275 e. The molecule has 0 spiro atoms. The van der Waals surface area contributed by atoms with Crippen LogP contribution in [0.5, 0.6) is 0 Å². The van der Waals surface area contributed by atoms with Crippen LogP contribution in [0.3, 0.4) is 0 Å². The van der Waals surface area contributed by atoms with E-state index in [9.17, 15) is 0 Å². The summed E-state index contributed by atoms with van der Waals surface area (Å²) in [5, 5.41) is 0. The maximum absolute atomic E-state index is 15.2. The molecule has 0 aromatic carbocycles. The van der Waals surface area contributed by atoms with Crippen molar-refractivity contribution in [2.24, 2.45) is 64.1 Å². The van der Waals surface area contributed by atoms with Gasteiger partial charge < -0.3 is 0 Å². The lowest BCUT2D eigenvalue weighted by atomic mass is 9.47. The number of hydrogen-bond acceptors (Lipinski definition) is 2. The molecular formula is C32H45NO2. The first-order chi connectivity index (χ1) is 16.9. The van der Waals surface area contributed by atoms with E-state index in [0.717, 1.165) is 111 Å². The summed E-state index contributed by atoms with van der Waals surface area (Å²) >= 11 is 0. The van der Waals surface area contributed by atoms with E-state index in [1.807, 2.05) is 0 Å². The fourth-order valence-corrected chi connectivity index (χ4v) is 14.1. The Morgan fingerprint density at radius 3 is 0.886 bits per heavy atom. The van der Waals surface area contributed by atoms with E-state index < -0.39 is 0 Å². The summed E-state index contributed by atoms with van der Waals surface area (Å²) in [6.45, 7) is 0. The molecule has 0 atom stereocenters. The predicted octanol–water partition coefficient (Wildman–Crippen LogP) is 6.74. The van der Waals surface area contributed by atoms with Crippen molar-refractivity contribution in [3.63, 3.8) is 0 Å². The predicted molar refractivity (Wildman–Crippen MR) is 134 cm³/mol. The number of carbonyl (C=O) groups is 2. The van der Waals surface area contributed by atoms with Gasteiger partial charge in [0.1, 0.15) is 0 Å². The van der Waals surface area contributed by atoms with Crippen molar-refractivity contribution in [2.45, 2.75) is 121 Å². The molecule has 12 aliphatic carbocycles. The standard InChI is InChI=1S/C32H45NO2/c34-28(30-10-19-1-20(11-30)3-21(2-19)12-30)33(32-16-25-7-26(17-32)9-27(8-25)18-32)29(35)31-13-22-4-23(14-31)6-24(5-22)15-31/h19-27H,1-18H2. The van der Waals surface area contributed by atoms with Gasteiger partial charge in [0, 0.05) is 0 Å². The maximum atomic E-state index is 15.2. The van der Waals surface area contributed by atoms with E-state index in [2.05, 4.69) is 4.90 Å². The Bertz CT molecular complexity index is 816. The summed E-state index contributed by atoms with van der Waals surface area (Å²) in [4.78, 5) is 32.5. The van der Waals surface area contributed by atoms with Crippen molar-refractivity contribution in [2.75, 3.05) is 0 Å². The molecule has 12 rings (SSSR count). The monoisotopic (exact) mass is 475 g/mol. The van der Waals surface area contributed by atoms with E-state index in [4.69, 9.17) is 0 Å². The number of nitrogens with zero attached hydrogens (tertiary/aromatic N) is 1. The highest BCUT2D eigenvalue weighted by molar-refractivity contribution is 6.02. The van der Waals surface area contributed by atoms with Gasteiger partial charge in [-0.25, -0.2) is 0 Å². The van der Waals surface area contributed by atoms with Gasteiger partial charge >= 0.3 is 0 Å². The van der Waals surface area contributed by atoms with Gasteiger partial charge in [0.2, 0.25) is 11.8 Å². The van der Waals surface area contributed by atoms with Gasteiger partial charge in [-0.1, -0.05) is 0 Å². The van der Waals surface area contributed by atoms with Crippen molar-refractivity contribution >= 4 is 11.8 Å². The normalized spacial score (nSPS) is 58.2. The second kappa shape index (κ2) is 6.76. The SMILES string of the molecule is O=C(N(C(=O)C12CC3CC(CC(C3)C1)C2)C12CC3CC(CC(C3)C1)C2)C12CC3CC(CC(C3)C1)C2. The second-order valence-electron chi connectivity index (χ2n) is 16.5. The topological polar surface area (TPSA) is 37.4 Å². The van der Waals surface area contributed by atoms with E-state index in [1.165, 1.54) is 57.8 Å². The molecule has 12 aliphatic rings. The molecule has 0 unspecified atom stereocenters. The highest BCUT2D eigenvalue weighted by Gasteiger charge is 2.65. The molecular weight excluding hydrogens is 430 g/mol. The number of amides is 2. The molecule has 0 heterocycles. The third kappa shape index (κ3) is 2.85. The molecule has 0 aromatic rings. The van der Waals surface area contributed by atoms with Gasteiger partial charge in [-0.15, -0.1) is 0 Å². The molecule has 12 saturated carbocycles. The molecule has 0 saturated heterocycles. The highest BCUT2D eigenvalue weighted by Crippen LogP contribution is 2.66. The summed E-state index contributed by atoms with van der Waals surface area (Å²) in [7, 11) is 0. The minimum atomic E-state index is -0.184. The average Bonchev–Trinajstić information content (AvgIpc) is 2.76. The molecule has 0 aromatic heterocycles. The Balaban J connectivity index is 1.14. The number of imide groups is 1. The Morgan fingerprint density at radius 1 is 0.400 bits per heavy atom. The van der Waals surface area contributed by atoms with Crippen molar-refractivity contribution in [1.82, 2.24) is 4.90 Å². The summed E-state index contributed by atoms with van der Waals surface area (Å²) in [5.74, 6) is 7.65. The zero-order valence-electron chi connectivity index (χ0n) is 21.7. The Kier molecular flexibility index (Phi) is 4.08. The fraction of sp³-hybridized carbons (Fsp3) is 0.938. The minimum Gasteiger partial charge on any atom is -0.275 e. The summed E-state index contributed by atoms with van der Waals surface area (Å²) in [6, 6.07) is 0. The van der Waals surface area contributed by atoms with Crippen molar-refractivity contribution < 1.29 is 9.59 Å². The number of rotatable bonds is 3. The first-order valence-corrected chi connectivity index (χ1v) is 15.8. The van der Waals surface area contributed by atoms with Crippen LogP contribution in [-0.4, -0.2) is 22.3 Å². The van der Waals surface area contributed by atoms with Crippen LogP contribution in [0, 0.1) is 64.1 Å². The van der Waals surface area contributed by atoms with Crippen LogP contribution < -0.4 is 0 Å². The molecule has 0 aliphatic heterocycles. The van der Waals surface area contributed by atoms with Crippen LogP contribution in [0.1, 0.15) is 116 Å². The lowest BCUT2D eigenvalue weighted by molar-refractivity contribution is -0.192. The molecule has 2 amide bonds. The van der Waals surface area contributed by atoms with Crippen LogP contribution in [0.15, 0.2) is 0 Å². The number of carbonyl (C=O) groups excluding carboxylic acids is 2. The van der Waals surface area contributed by atoms with Crippen molar-refractivity contribution in [3.05, 3.63) is 0 Å². The lowest BCUT2D eigenvalue weighted by Crippen LogP contribution is -2.69. The Morgan fingerprint density at radius 2 is 0.629 bits per heavy atom. The van der Waals surface area contributed by atoms with E-state index in [0.29, 0.717) is 11.8 Å². The summed E-state index contributed by atoms with van der Waals surface area (Å²) in [5.41, 5.74) is -0.484. The zero-order valence-corrected chi connectivity index (χ0v) is 21.7. The molecule has 0 radical (unpaired) electrons. The van der Waals surface area contributed by atoms with Gasteiger partial charge in [0.15, 0.2) is 0 Å². The van der Waals surface area contributed by atoms with Crippen LogP contribution in [0.2, 0.25) is 0 Å². The molecule has 190 valence electrons. The van der Waals surface area contributed by atoms with Gasteiger partial charge in [-0.2, -0.15) is 0 Å². The van der Waals surface area contributed by atoms with Crippen molar-refractivity contribution in [3.8, 4) is 0 Å². The van der Waals surface area contributed by atoms with Crippen LogP contribution >= 0.6 is 0 Å². The maximum Gasteiger partial charge on any atom is 0.235 e. The lowest BCUT2D eigenvalue weighted by Gasteiger charge is -2.64.